The van der Waals surface area contributed by atoms with Crippen molar-refractivity contribution in [2.45, 2.75) is 0 Å². The van der Waals surface area contributed by atoms with Gasteiger partial charge >= 0.3 is 0 Å². The molecule has 0 bridgehead atoms. The minimum absolute atomic E-state index is 0.907. The summed E-state index contributed by atoms with van der Waals surface area (Å²) in [5.41, 5.74) is 18.6. The Kier molecular flexibility index (Phi) is 10.2. The molecule has 0 aliphatic heterocycles. The Bertz CT molecular complexity index is 5060. The molecule has 0 saturated carbocycles. The molecule has 0 atom stereocenters. The third-order valence-electron chi connectivity index (χ3n) is 16.3. The van der Waals surface area contributed by atoms with E-state index in [9.17, 15) is 0 Å². The van der Waals surface area contributed by atoms with E-state index in [2.05, 4.69) is 273 Å². The van der Waals surface area contributed by atoms with Gasteiger partial charge in [0, 0.05) is 36.5 Å². The van der Waals surface area contributed by atoms with Crippen LogP contribution in [-0.4, -0.2) is 0 Å². The lowest BCUT2D eigenvalue weighted by molar-refractivity contribution is 0.670. The molecule has 0 radical (unpaired) electrons. The van der Waals surface area contributed by atoms with E-state index in [4.69, 9.17) is 4.42 Å². The van der Waals surface area contributed by atoms with Crippen molar-refractivity contribution in [1.29, 1.82) is 0 Å². The van der Waals surface area contributed by atoms with Gasteiger partial charge in [0.15, 0.2) is 0 Å². The molecule has 0 unspecified atom stereocenters. The van der Waals surface area contributed by atoms with Crippen molar-refractivity contribution in [2.24, 2.45) is 0 Å². The second-order valence-electron chi connectivity index (χ2n) is 20.6. The average Bonchev–Trinajstić information content (AvgIpc) is 4.19. The summed E-state index contributed by atoms with van der Waals surface area (Å²) in [4.78, 5) is 0. The van der Waals surface area contributed by atoms with Crippen molar-refractivity contribution in [1.82, 2.24) is 0 Å². The fourth-order valence-corrected chi connectivity index (χ4v) is 14.0. The SMILES string of the molecule is c1ccc(-c2c3ccccc3c(-c3ccc(-c4cccc5c4oc4ccccc45)cc3)c3ccc(-c4ccc5c(-c6cccc(-c7cccc8c7sc7ccccc78)c6)c6ccccc6c(-c6ccccc6)c5c4)cc23)cc1. The van der Waals surface area contributed by atoms with E-state index in [-0.39, 0.29) is 0 Å². The quantitative estimate of drug-likeness (QED) is 0.145. The highest BCUT2D eigenvalue weighted by atomic mass is 32.1. The molecule has 362 valence electrons. The van der Waals surface area contributed by atoms with Gasteiger partial charge in [-0.05, 0) is 146 Å². The zero-order valence-electron chi connectivity index (χ0n) is 42.4. The number of hydrogen-bond acceptors (Lipinski definition) is 2. The molecule has 16 aromatic rings. The van der Waals surface area contributed by atoms with E-state index in [1.165, 1.54) is 130 Å². The monoisotopic (exact) mass is 1010 g/mol. The summed E-state index contributed by atoms with van der Waals surface area (Å²) in [6.07, 6.45) is 0. The van der Waals surface area contributed by atoms with Gasteiger partial charge in [-0.25, -0.2) is 0 Å². The van der Waals surface area contributed by atoms with Crippen molar-refractivity contribution in [3.8, 4) is 77.9 Å². The summed E-state index contributed by atoms with van der Waals surface area (Å²) in [6.45, 7) is 0. The first kappa shape index (κ1) is 44.4. The molecule has 0 amide bonds. The molecule has 0 aliphatic carbocycles. The lowest BCUT2D eigenvalue weighted by Crippen LogP contribution is -1.93. The van der Waals surface area contributed by atoms with Gasteiger partial charge in [0.2, 0.25) is 0 Å². The number of fused-ring (bicyclic) bond motifs is 10. The van der Waals surface area contributed by atoms with Crippen molar-refractivity contribution in [3.63, 3.8) is 0 Å². The number of para-hydroxylation sites is 2. The fraction of sp³-hybridized carbons (Fsp3) is 0. The highest BCUT2D eigenvalue weighted by Crippen LogP contribution is 2.49. The Morgan fingerprint density at radius 2 is 0.628 bits per heavy atom. The number of thiophene rings is 1. The zero-order chi connectivity index (χ0) is 51.3. The van der Waals surface area contributed by atoms with Crippen LogP contribution in [-0.2, 0) is 0 Å². The summed E-state index contributed by atoms with van der Waals surface area (Å²) in [5.74, 6) is 0. The van der Waals surface area contributed by atoms with Crippen molar-refractivity contribution >= 4 is 96.5 Å². The lowest BCUT2D eigenvalue weighted by atomic mass is 9.83. The molecule has 14 aromatic carbocycles. The Labute approximate surface area is 455 Å². The predicted molar refractivity (Wildman–Crippen MR) is 335 cm³/mol. The van der Waals surface area contributed by atoms with Gasteiger partial charge in [-0.1, -0.05) is 249 Å². The van der Waals surface area contributed by atoms with E-state index in [0.717, 1.165) is 33.1 Å². The maximum absolute atomic E-state index is 6.51. The first-order valence-electron chi connectivity index (χ1n) is 26.8. The average molecular weight is 1010 g/mol. The van der Waals surface area contributed by atoms with Crippen LogP contribution in [0.1, 0.15) is 0 Å². The van der Waals surface area contributed by atoms with Crippen molar-refractivity contribution in [3.05, 3.63) is 279 Å². The third kappa shape index (κ3) is 7.01. The van der Waals surface area contributed by atoms with Crippen LogP contribution >= 0.6 is 11.3 Å². The normalized spacial score (nSPS) is 11.8. The Morgan fingerprint density at radius 3 is 1.26 bits per heavy atom. The van der Waals surface area contributed by atoms with Gasteiger partial charge in [-0.3, -0.25) is 0 Å². The summed E-state index contributed by atoms with van der Waals surface area (Å²) in [6, 6.07) is 103. The molecule has 78 heavy (non-hydrogen) atoms. The van der Waals surface area contributed by atoms with Gasteiger partial charge < -0.3 is 4.42 Å². The molecule has 2 heterocycles. The first-order chi connectivity index (χ1) is 38.7. The maximum atomic E-state index is 6.51. The highest BCUT2D eigenvalue weighted by Gasteiger charge is 2.22. The van der Waals surface area contributed by atoms with Crippen LogP contribution in [0.5, 0.6) is 0 Å². The second-order valence-corrected chi connectivity index (χ2v) is 21.6. The van der Waals surface area contributed by atoms with Crippen LogP contribution in [0.25, 0.3) is 163 Å². The summed E-state index contributed by atoms with van der Waals surface area (Å²) < 4.78 is 9.15. The minimum Gasteiger partial charge on any atom is -0.455 e. The number of rotatable bonds is 7. The maximum Gasteiger partial charge on any atom is 0.143 e. The molecule has 0 saturated heterocycles. The van der Waals surface area contributed by atoms with Gasteiger partial charge in [0.1, 0.15) is 11.2 Å². The summed E-state index contributed by atoms with van der Waals surface area (Å²) in [5, 5.41) is 14.7. The van der Waals surface area contributed by atoms with Crippen LogP contribution < -0.4 is 0 Å². The minimum atomic E-state index is 0.907. The number of benzene rings is 14. The standard InChI is InChI=1S/C76H46OS/c1-3-18-48(19-4-1)72-60-27-8-7-26-59(60)71(50-38-36-47(37-39-50)55-30-16-32-65-57-24-11-13-34-69(57)77-75(55)65)63-42-40-51(45-67(63)72)52-41-43-64-68(46-52)73(49-20-5-2-6-21-49)61-28-9-10-29-62(61)74(64)54-23-15-22-53(44-54)56-31-17-33-66-58-25-12-14-35-70(58)78-76(56)66/h1-46H. The van der Waals surface area contributed by atoms with Crippen molar-refractivity contribution < 1.29 is 4.42 Å². The van der Waals surface area contributed by atoms with Gasteiger partial charge in [0.05, 0.1) is 0 Å². The van der Waals surface area contributed by atoms with E-state index in [0.29, 0.717) is 0 Å². The summed E-state index contributed by atoms with van der Waals surface area (Å²) >= 11 is 1.89. The highest BCUT2D eigenvalue weighted by molar-refractivity contribution is 7.26. The second kappa shape index (κ2) is 17.9. The van der Waals surface area contributed by atoms with Gasteiger partial charge in [0.25, 0.3) is 0 Å². The predicted octanol–water partition coefficient (Wildman–Crippen LogP) is 22.2. The van der Waals surface area contributed by atoms with Crippen LogP contribution in [0.15, 0.2) is 283 Å². The molecule has 1 nitrogen and oxygen atoms in total. The summed E-state index contributed by atoms with van der Waals surface area (Å²) in [7, 11) is 0. The van der Waals surface area contributed by atoms with Gasteiger partial charge in [-0.15, -0.1) is 11.3 Å². The molecule has 0 fully saturated rings. The molecule has 2 heteroatoms. The Hall–Kier alpha value is -9.86. The fourth-order valence-electron chi connectivity index (χ4n) is 12.8. The molecular formula is C76H46OS. The number of hydrogen-bond donors (Lipinski definition) is 0. The van der Waals surface area contributed by atoms with E-state index in [1.807, 2.05) is 17.4 Å². The van der Waals surface area contributed by atoms with Crippen LogP contribution in [0.2, 0.25) is 0 Å². The lowest BCUT2D eigenvalue weighted by Gasteiger charge is -2.20. The first-order valence-corrected chi connectivity index (χ1v) is 27.6. The molecule has 2 aromatic heterocycles. The smallest absolute Gasteiger partial charge is 0.143 e. The zero-order valence-corrected chi connectivity index (χ0v) is 43.2. The molecule has 0 spiro atoms. The molecule has 0 N–H and O–H groups in total. The van der Waals surface area contributed by atoms with Crippen LogP contribution in [0, 0.1) is 0 Å². The molecule has 16 rings (SSSR count). The molecular weight excluding hydrogens is 961 g/mol. The Balaban J connectivity index is 0.897. The van der Waals surface area contributed by atoms with E-state index < -0.39 is 0 Å². The topological polar surface area (TPSA) is 13.1 Å². The van der Waals surface area contributed by atoms with Crippen LogP contribution in [0.4, 0.5) is 0 Å². The Morgan fingerprint density at radius 1 is 0.218 bits per heavy atom. The van der Waals surface area contributed by atoms with Crippen molar-refractivity contribution in [2.75, 3.05) is 0 Å². The van der Waals surface area contributed by atoms with Crippen LogP contribution in [0.3, 0.4) is 0 Å². The van der Waals surface area contributed by atoms with E-state index in [1.54, 1.807) is 0 Å². The third-order valence-corrected chi connectivity index (χ3v) is 17.5. The molecule has 0 aliphatic rings. The largest absolute Gasteiger partial charge is 0.455 e. The van der Waals surface area contributed by atoms with E-state index >= 15 is 0 Å². The number of furan rings is 1. The van der Waals surface area contributed by atoms with Gasteiger partial charge in [-0.2, -0.15) is 0 Å².